The minimum absolute atomic E-state index is 0.0460. The van der Waals surface area contributed by atoms with Crippen molar-refractivity contribution in [2.45, 2.75) is 32.4 Å². The van der Waals surface area contributed by atoms with Gasteiger partial charge < -0.3 is 24.7 Å². The molecule has 1 aliphatic rings. The Morgan fingerprint density at radius 2 is 2.09 bits per heavy atom. The molecule has 3 aromatic rings. The molecular formula is C22H27N6O6P. The summed E-state index contributed by atoms with van der Waals surface area (Å²) in [5, 5.41) is 11.7. The van der Waals surface area contributed by atoms with E-state index in [9.17, 15) is 14.5 Å². The van der Waals surface area contributed by atoms with E-state index in [0.717, 1.165) is 0 Å². The molecule has 0 amide bonds. The minimum Gasteiger partial charge on any atom is -0.480 e. The Morgan fingerprint density at radius 3 is 2.80 bits per heavy atom. The van der Waals surface area contributed by atoms with Crippen molar-refractivity contribution in [3.8, 4) is 11.6 Å². The molecule has 1 aliphatic carbocycles. The Bertz CT molecular complexity index is 1270. The fourth-order valence-corrected chi connectivity index (χ4v) is 5.22. The molecule has 0 saturated carbocycles. The van der Waals surface area contributed by atoms with E-state index in [-0.39, 0.29) is 24.5 Å². The van der Waals surface area contributed by atoms with Gasteiger partial charge in [-0.15, -0.1) is 0 Å². The van der Waals surface area contributed by atoms with Gasteiger partial charge in [-0.2, -0.15) is 15.1 Å². The van der Waals surface area contributed by atoms with Crippen LogP contribution in [0.3, 0.4) is 0 Å². The molecule has 0 fully saturated rings. The molecule has 2 aromatic heterocycles. The van der Waals surface area contributed by atoms with E-state index in [4.69, 9.17) is 19.5 Å². The average molecular weight is 502 g/mol. The van der Waals surface area contributed by atoms with Crippen LogP contribution in [0.4, 0.5) is 5.95 Å². The number of hydrogen-bond acceptors (Lipinski definition) is 9. The van der Waals surface area contributed by atoms with Gasteiger partial charge in [0.25, 0.3) is 0 Å². The Kier molecular flexibility index (Phi) is 7.34. The first kappa shape index (κ1) is 24.6. The molecule has 186 valence electrons. The Hall–Kier alpha value is -3.47. The summed E-state index contributed by atoms with van der Waals surface area (Å²) in [5.74, 6) is -0.577. The summed E-state index contributed by atoms with van der Waals surface area (Å²) in [6.07, 6.45) is 6.18. The second kappa shape index (κ2) is 10.4. The van der Waals surface area contributed by atoms with Gasteiger partial charge in [0.2, 0.25) is 11.8 Å². The van der Waals surface area contributed by atoms with E-state index in [0.29, 0.717) is 35.8 Å². The maximum atomic E-state index is 13.4. The monoisotopic (exact) mass is 502 g/mol. The minimum atomic E-state index is -3.98. The number of rotatable bonds is 11. The van der Waals surface area contributed by atoms with Gasteiger partial charge in [-0.3, -0.25) is 9.32 Å². The van der Waals surface area contributed by atoms with Crippen molar-refractivity contribution < 1.29 is 28.3 Å². The molecule has 12 nitrogen and oxygen atoms in total. The fraction of sp³-hybridized carbons (Fsp3) is 0.364. The first-order chi connectivity index (χ1) is 16.8. The van der Waals surface area contributed by atoms with Crippen LogP contribution in [-0.4, -0.2) is 49.9 Å². The molecule has 1 aromatic carbocycles. The lowest BCUT2D eigenvalue weighted by Crippen LogP contribution is -2.33. The van der Waals surface area contributed by atoms with Crippen LogP contribution in [0.2, 0.25) is 0 Å². The number of nitrogens with two attached hydrogens (primary N) is 1. The summed E-state index contributed by atoms with van der Waals surface area (Å²) in [7, 11) is -3.98. The highest BCUT2D eigenvalue weighted by Gasteiger charge is 2.33. The van der Waals surface area contributed by atoms with E-state index in [1.54, 1.807) is 36.7 Å². The number of aliphatic carboxylic acids is 1. The second-order valence-corrected chi connectivity index (χ2v) is 9.67. The number of nitrogens with one attached hydrogen (secondary N) is 1. The molecule has 35 heavy (non-hydrogen) atoms. The molecule has 4 rings (SSSR count). The third kappa shape index (κ3) is 5.79. The molecule has 0 radical (unpaired) electrons. The highest BCUT2D eigenvalue weighted by atomic mass is 31.2. The van der Waals surface area contributed by atoms with Crippen molar-refractivity contribution in [2.24, 2.45) is 5.92 Å². The predicted molar refractivity (Wildman–Crippen MR) is 128 cm³/mol. The number of para-hydroxylation sites is 1. The first-order valence-electron chi connectivity index (χ1n) is 11.1. The quantitative estimate of drug-likeness (QED) is 0.260. The molecule has 13 heteroatoms. The zero-order chi connectivity index (χ0) is 25.0. The van der Waals surface area contributed by atoms with Crippen LogP contribution in [0.15, 0.2) is 48.8 Å². The lowest BCUT2D eigenvalue weighted by atomic mass is 10.1. The van der Waals surface area contributed by atoms with Crippen molar-refractivity contribution >= 4 is 30.8 Å². The zero-order valence-electron chi connectivity index (χ0n) is 19.3. The molecule has 1 unspecified atom stereocenters. The van der Waals surface area contributed by atoms with E-state index in [2.05, 4.69) is 20.0 Å². The number of benzene rings is 1. The highest BCUT2D eigenvalue weighted by molar-refractivity contribution is 7.52. The number of nitrogens with zero attached hydrogens (tertiary/aromatic N) is 4. The van der Waals surface area contributed by atoms with Gasteiger partial charge in [-0.25, -0.2) is 9.55 Å². The van der Waals surface area contributed by atoms with Crippen LogP contribution in [-0.2, 0) is 13.9 Å². The summed E-state index contributed by atoms with van der Waals surface area (Å²) in [4.78, 5) is 24.1. The standard InChI is InChI=1S/C22H27N6O6P/c1-3-32-20-18-19(25-22(23)26-20)28(13-24-18)16-10-9-15(11-16)12-33-35(31,27-14(2)21(29)30)34-17-7-5-4-6-8-17/h4-10,13-16H,3,11-12H2,1-2H3,(H,27,31)(H,29,30)(H2,23,25,26)/t14-,15+,16-,35?/m0/s1. The Morgan fingerprint density at radius 1 is 1.31 bits per heavy atom. The number of allylic oxidation sites excluding steroid dienone is 1. The average Bonchev–Trinajstić information content (AvgIpc) is 3.45. The van der Waals surface area contributed by atoms with E-state index >= 15 is 0 Å². The van der Waals surface area contributed by atoms with Gasteiger partial charge in [0.1, 0.15) is 11.8 Å². The van der Waals surface area contributed by atoms with Gasteiger partial charge in [-0.1, -0.05) is 30.4 Å². The number of aromatic nitrogens is 4. The number of carbonyl (C=O) groups is 1. The number of anilines is 1. The largest absolute Gasteiger partial charge is 0.480 e. The summed E-state index contributed by atoms with van der Waals surface area (Å²) < 4.78 is 32.0. The smallest absolute Gasteiger partial charge is 0.459 e. The van der Waals surface area contributed by atoms with Crippen LogP contribution in [0.25, 0.3) is 11.2 Å². The van der Waals surface area contributed by atoms with Gasteiger partial charge in [-0.05, 0) is 32.4 Å². The van der Waals surface area contributed by atoms with E-state index in [1.807, 2.05) is 23.6 Å². The van der Waals surface area contributed by atoms with Crippen LogP contribution >= 0.6 is 7.75 Å². The lowest BCUT2D eigenvalue weighted by molar-refractivity contribution is -0.138. The third-order valence-corrected chi connectivity index (χ3v) is 6.99. The summed E-state index contributed by atoms with van der Waals surface area (Å²) >= 11 is 0. The van der Waals surface area contributed by atoms with Crippen LogP contribution < -0.4 is 20.1 Å². The SMILES string of the molecule is CCOc1nc(N)nc2c1ncn2[C@H]1C=C[C@@H](COP(=O)(N[C@@H](C)C(=O)O)Oc2ccccc2)C1. The summed E-state index contributed by atoms with van der Waals surface area (Å²) in [6.45, 7) is 3.68. The number of nitrogen functional groups attached to an aromatic ring is 1. The van der Waals surface area contributed by atoms with Crippen molar-refractivity contribution in [1.29, 1.82) is 0 Å². The Balaban J connectivity index is 1.46. The number of carboxylic acid groups (broad SMARTS) is 1. The molecule has 0 saturated heterocycles. The van der Waals surface area contributed by atoms with Gasteiger partial charge >= 0.3 is 13.7 Å². The maximum Gasteiger partial charge on any atom is 0.459 e. The van der Waals surface area contributed by atoms with Crippen molar-refractivity contribution in [2.75, 3.05) is 18.9 Å². The summed E-state index contributed by atoms with van der Waals surface area (Å²) in [6, 6.07) is 7.20. The lowest BCUT2D eigenvalue weighted by Gasteiger charge is -2.23. The van der Waals surface area contributed by atoms with Crippen molar-refractivity contribution in [3.63, 3.8) is 0 Å². The number of ether oxygens (including phenoxy) is 1. The third-order valence-electron chi connectivity index (χ3n) is 5.34. The zero-order valence-corrected chi connectivity index (χ0v) is 20.2. The first-order valence-corrected chi connectivity index (χ1v) is 12.6. The van der Waals surface area contributed by atoms with Crippen LogP contribution in [0, 0.1) is 5.92 Å². The summed E-state index contributed by atoms with van der Waals surface area (Å²) in [5.41, 5.74) is 6.92. The van der Waals surface area contributed by atoms with E-state index < -0.39 is 19.8 Å². The maximum absolute atomic E-state index is 13.4. The van der Waals surface area contributed by atoms with Gasteiger partial charge in [0, 0.05) is 5.92 Å². The van der Waals surface area contributed by atoms with Gasteiger partial charge in [0.15, 0.2) is 11.2 Å². The predicted octanol–water partition coefficient (Wildman–Crippen LogP) is 3.19. The number of hydrogen-bond donors (Lipinski definition) is 3. The second-order valence-electron chi connectivity index (χ2n) is 7.98. The molecular weight excluding hydrogens is 475 g/mol. The molecule has 2 heterocycles. The Labute approximate surface area is 201 Å². The van der Waals surface area contributed by atoms with E-state index in [1.165, 1.54) is 6.92 Å². The number of carboxylic acids is 1. The van der Waals surface area contributed by atoms with Crippen LogP contribution in [0.1, 0.15) is 26.3 Å². The van der Waals surface area contributed by atoms with Crippen LogP contribution in [0.5, 0.6) is 11.6 Å². The molecule has 4 atom stereocenters. The van der Waals surface area contributed by atoms with Crippen molar-refractivity contribution in [3.05, 3.63) is 48.8 Å². The number of fused-ring (bicyclic) bond motifs is 1. The highest BCUT2D eigenvalue weighted by Crippen LogP contribution is 2.46. The molecule has 0 spiro atoms. The van der Waals surface area contributed by atoms with Crippen molar-refractivity contribution in [1.82, 2.24) is 24.6 Å². The van der Waals surface area contributed by atoms with Gasteiger partial charge in [0.05, 0.1) is 25.6 Å². The molecule has 0 bridgehead atoms. The molecule has 0 aliphatic heterocycles. The topological polar surface area (TPSA) is 164 Å². The fourth-order valence-electron chi connectivity index (χ4n) is 3.67. The molecule has 4 N–H and O–H groups in total. The normalized spacial score (nSPS) is 19.9. The number of imidazole rings is 1.